The van der Waals surface area contributed by atoms with Gasteiger partial charge in [0.2, 0.25) is 11.9 Å². The highest BCUT2D eigenvalue weighted by Gasteiger charge is 2.44. The van der Waals surface area contributed by atoms with Crippen LogP contribution in [0.4, 0.5) is 5.95 Å². The second-order valence-electron chi connectivity index (χ2n) is 7.72. The summed E-state index contributed by atoms with van der Waals surface area (Å²) < 4.78 is 1.90. The van der Waals surface area contributed by atoms with Crippen molar-refractivity contribution in [3.8, 4) is 0 Å². The van der Waals surface area contributed by atoms with E-state index in [0.29, 0.717) is 11.0 Å². The van der Waals surface area contributed by atoms with Crippen molar-refractivity contribution in [1.29, 1.82) is 0 Å². The number of carbonyl (C=O) groups excluding carboxylic acids is 1. The molecule has 1 fully saturated rings. The number of rotatable bonds is 3. The van der Waals surface area contributed by atoms with Gasteiger partial charge in [0, 0.05) is 10.9 Å². The number of carbonyl (C=O) groups is 1. The zero-order valence-corrected chi connectivity index (χ0v) is 16.4. The number of hydrogen-bond acceptors (Lipinski definition) is 3. The number of aryl methyl sites for hydroxylation is 1. The van der Waals surface area contributed by atoms with Gasteiger partial charge in [-0.2, -0.15) is 10.1 Å². The van der Waals surface area contributed by atoms with Crippen molar-refractivity contribution >= 4 is 23.5 Å². The first-order chi connectivity index (χ1) is 13.6. The predicted octanol–water partition coefficient (Wildman–Crippen LogP) is 4.72. The summed E-state index contributed by atoms with van der Waals surface area (Å²) in [5.74, 6) is 0.890. The van der Waals surface area contributed by atoms with Crippen LogP contribution in [0.2, 0.25) is 5.02 Å². The lowest BCUT2D eigenvalue weighted by Crippen LogP contribution is -2.43. The van der Waals surface area contributed by atoms with Gasteiger partial charge < -0.3 is 0 Å². The zero-order chi connectivity index (χ0) is 19.3. The molecule has 0 unspecified atom stereocenters. The Bertz CT molecular complexity index is 1010. The SMILES string of the molecule is Cc1ccc([C@H]2C[C@@H](c3ccc(Cl)cc3)N(C(=O)C3CC3)c3ncnn32)cc1. The third-order valence-electron chi connectivity index (χ3n) is 5.70. The molecule has 6 heteroatoms. The second-order valence-corrected chi connectivity index (χ2v) is 8.15. The average Bonchev–Trinajstić information content (AvgIpc) is 3.44. The highest BCUT2D eigenvalue weighted by atomic mass is 35.5. The Morgan fingerprint density at radius 1 is 1.00 bits per heavy atom. The smallest absolute Gasteiger partial charge is 0.233 e. The molecule has 0 spiro atoms. The molecule has 3 aromatic rings. The molecule has 1 aromatic heterocycles. The van der Waals surface area contributed by atoms with Crippen LogP contribution in [0.3, 0.4) is 0 Å². The minimum absolute atomic E-state index is 0.0297. The fourth-order valence-corrected chi connectivity index (χ4v) is 4.13. The van der Waals surface area contributed by atoms with Gasteiger partial charge in [-0.25, -0.2) is 4.68 Å². The molecule has 2 atom stereocenters. The number of nitrogens with zero attached hydrogens (tertiary/aromatic N) is 4. The maximum Gasteiger partial charge on any atom is 0.233 e. The molecule has 0 saturated heterocycles. The molecule has 142 valence electrons. The number of hydrogen-bond donors (Lipinski definition) is 0. The lowest BCUT2D eigenvalue weighted by Gasteiger charge is -2.39. The minimum atomic E-state index is -0.0895. The quantitative estimate of drug-likeness (QED) is 0.648. The molecule has 0 N–H and O–H groups in total. The maximum atomic E-state index is 13.2. The lowest BCUT2D eigenvalue weighted by molar-refractivity contribution is -0.120. The van der Waals surface area contributed by atoms with Crippen molar-refractivity contribution in [2.75, 3.05) is 4.90 Å². The van der Waals surface area contributed by atoms with E-state index in [1.807, 2.05) is 33.8 Å². The van der Waals surface area contributed by atoms with Crippen molar-refractivity contribution in [2.24, 2.45) is 5.92 Å². The highest BCUT2D eigenvalue weighted by molar-refractivity contribution is 6.30. The Balaban J connectivity index is 1.62. The molecule has 1 amide bonds. The first-order valence-corrected chi connectivity index (χ1v) is 10.0. The second kappa shape index (κ2) is 6.74. The van der Waals surface area contributed by atoms with Crippen LogP contribution in [-0.2, 0) is 4.79 Å². The first-order valence-electron chi connectivity index (χ1n) is 9.66. The normalized spacial score (nSPS) is 21.4. The van der Waals surface area contributed by atoms with E-state index in [1.165, 1.54) is 11.1 Å². The molecule has 1 aliphatic heterocycles. The van der Waals surface area contributed by atoms with Crippen molar-refractivity contribution in [3.05, 3.63) is 76.6 Å². The van der Waals surface area contributed by atoms with Gasteiger partial charge in [0.1, 0.15) is 6.33 Å². The number of anilines is 1. The van der Waals surface area contributed by atoms with Crippen LogP contribution < -0.4 is 4.90 Å². The van der Waals surface area contributed by atoms with Crippen molar-refractivity contribution in [3.63, 3.8) is 0 Å². The van der Waals surface area contributed by atoms with Gasteiger partial charge in [-0.15, -0.1) is 0 Å². The van der Waals surface area contributed by atoms with Gasteiger partial charge in [0.15, 0.2) is 0 Å². The summed E-state index contributed by atoms with van der Waals surface area (Å²) in [7, 11) is 0. The summed E-state index contributed by atoms with van der Waals surface area (Å²) in [6.45, 7) is 2.08. The van der Waals surface area contributed by atoms with Crippen LogP contribution in [0.25, 0.3) is 0 Å². The van der Waals surface area contributed by atoms with Gasteiger partial charge in [0.05, 0.1) is 12.1 Å². The van der Waals surface area contributed by atoms with Gasteiger partial charge in [-0.05, 0) is 49.4 Å². The predicted molar refractivity (Wildman–Crippen MR) is 108 cm³/mol. The third-order valence-corrected chi connectivity index (χ3v) is 5.96. The molecule has 2 heterocycles. The zero-order valence-electron chi connectivity index (χ0n) is 15.6. The number of benzene rings is 2. The van der Waals surface area contributed by atoms with E-state index >= 15 is 0 Å². The van der Waals surface area contributed by atoms with Crippen LogP contribution >= 0.6 is 11.6 Å². The van der Waals surface area contributed by atoms with Crippen LogP contribution in [0, 0.1) is 12.8 Å². The topological polar surface area (TPSA) is 51.0 Å². The lowest BCUT2D eigenvalue weighted by atomic mass is 9.91. The Labute approximate surface area is 169 Å². The number of aromatic nitrogens is 3. The molecule has 1 aliphatic carbocycles. The van der Waals surface area contributed by atoms with E-state index < -0.39 is 0 Å². The Morgan fingerprint density at radius 3 is 2.32 bits per heavy atom. The standard InChI is InChI=1S/C22H21ClN4O/c1-14-2-4-16(5-3-14)20-12-19(15-8-10-18(23)11-9-15)26(21(28)17-6-7-17)22-24-13-25-27(20)22/h2-5,8-11,13,17,19-20H,6-7,12H2,1H3/t19-,20+/m0/s1. The van der Waals surface area contributed by atoms with Crippen LogP contribution in [0.15, 0.2) is 54.9 Å². The molecule has 2 aliphatic rings. The highest BCUT2D eigenvalue weighted by Crippen LogP contribution is 2.44. The molecular formula is C22H21ClN4O. The van der Waals surface area contributed by atoms with E-state index in [9.17, 15) is 4.79 Å². The third kappa shape index (κ3) is 3.00. The van der Waals surface area contributed by atoms with E-state index in [4.69, 9.17) is 11.6 Å². The maximum absolute atomic E-state index is 13.2. The summed E-state index contributed by atoms with van der Waals surface area (Å²) >= 11 is 6.11. The summed E-state index contributed by atoms with van der Waals surface area (Å²) in [6.07, 6.45) is 4.21. The van der Waals surface area contributed by atoms with E-state index in [0.717, 1.165) is 24.8 Å². The van der Waals surface area contributed by atoms with Gasteiger partial charge in [0.25, 0.3) is 0 Å². The molecule has 1 saturated carbocycles. The molecule has 5 nitrogen and oxygen atoms in total. The van der Waals surface area contributed by atoms with Gasteiger partial charge in [-0.3, -0.25) is 9.69 Å². The van der Waals surface area contributed by atoms with Gasteiger partial charge >= 0.3 is 0 Å². The monoisotopic (exact) mass is 392 g/mol. The van der Waals surface area contributed by atoms with Crippen molar-refractivity contribution in [2.45, 2.75) is 38.3 Å². The molecule has 28 heavy (non-hydrogen) atoms. The van der Waals surface area contributed by atoms with Crippen molar-refractivity contribution < 1.29 is 4.79 Å². The summed E-state index contributed by atoms with van der Waals surface area (Å²) in [5.41, 5.74) is 3.47. The Morgan fingerprint density at radius 2 is 1.64 bits per heavy atom. The molecule has 0 radical (unpaired) electrons. The van der Waals surface area contributed by atoms with Crippen molar-refractivity contribution in [1.82, 2.24) is 14.8 Å². The van der Waals surface area contributed by atoms with E-state index in [-0.39, 0.29) is 23.9 Å². The van der Waals surface area contributed by atoms with Gasteiger partial charge in [-0.1, -0.05) is 53.6 Å². The van der Waals surface area contributed by atoms with Crippen LogP contribution in [0.5, 0.6) is 0 Å². The molecular weight excluding hydrogens is 372 g/mol. The van der Waals surface area contributed by atoms with E-state index in [2.05, 4.69) is 41.3 Å². The Kier molecular flexibility index (Phi) is 4.20. The number of fused-ring (bicyclic) bond motifs is 1. The average molecular weight is 393 g/mol. The Hall–Kier alpha value is -2.66. The fourth-order valence-electron chi connectivity index (χ4n) is 4.01. The molecule has 2 aromatic carbocycles. The van der Waals surface area contributed by atoms with E-state index in [1.54, 1.807) is 6.33 Å². The van der Waals surface area contributed by atoms with Crippen LogP contribution in [0.1, 0.15) is 48.0 Å². The fraction of sp³-hybridized carbons (Fsp3) is 0.318. The number of amides is 1. The summed E-state index contributed by atoms with van der Waals surface area (Å²) in [4.78, 5) is 19.5. The molecule has 0 bridgehead atoms. The summed E-state index contributed by atoms with van der Waals surface area (Å²) in [6, 6.07) is 16.3. The largest absolute Gasteiger partial charge is 0.274 e. The summed E-state index contributed by atoms with van der Waals surface area (Å²) in [5, 5.41) is 5.17. The molecule has 5 rings (SSSR count). The first kappa shape index (κ1) is 17.4. The van der Waals surface area contributed by atoms with Crippen LogP contribution in [-0.4, -0.2) is 20.7 Å². The minimum Gasteiger partial charge on any atom is -0.274 e. The number of halogens is 1.